The molecular formula is C19H29N3O2. The molecule has 0 bridgehead atoms. The smallest absolute Gasteiger partial charge is 0.253 e. The molecule has 1 heterocycles. The molecule has 1 aromatic carbocycles. The normalized spacial score (nSPS) is 15.2. The second kappa shape index (κ2) is 8.71. The summed E-state index contributed by atoms with van der Waals surface area (Å²) in [5, 5.41) is 3.14. The third-order valence-electron chi connectivity index (χ3n) is 4.74. The summed E-state index contributed by atoms with van der Waals surface area (Å²) >= 11 is 0. The third-order valence-corrected chi connectivity index (χ3v) is 4.74. The van der Waals surface area contributed by atoms with Crippen molar-refractivity contribution >= 4 is 17.5 Å². The number of likely N-dealkylation sites (N-methyl/N-ethyl adjacent to an activating group) is 1. The van der Waals surface area contributed by atoms with E-state index in [0.717, 1.165) is 31.6 Å². The van der Waals surface area contributed by atoms with Crippen LogP contribution in [-0.2, 0) is 4.79 Å². The standard InChI is InChI=1S/C19H29N3O2/c1-4-21(5-2)18(23)14-20-17-8-6-7-16(13-17)19(24)22-11-9-15(3)10-12-22/h6-8,13,15,20H,4-5,9-12,14H2,1-3H3. The van der Waals surface area contributed by atoms with Gasteiger partial charge in [0.15, 0.2) is 0 Å². The van der Waals surface area contributed by atoms with E-state index in [9.17, 15) is 9.59 Å². The quantitative estimate of drug-likeness (QED) is 0.872. The molecule has 0 saturated carbocycles. The van der Waals surface area contributed by atoms with Crippen molar-refractivity contribution in [3.63, 3.8) is 0 Å². The SMILES string of the molecule is CCN(CC)C(=O)CNc1cccc(C(=O)N2CCC(C)CC2)c1. The first-order valence-corrected chi connectivity index (χ1v) is 8.96. The highest BCUT2D eigenvalue weighted by Gasteiger charge is 2.21. The number of piperidine rings is 1. The first-order chi connectivity index (χ1) is 11.5. The van der Waals surface area contributed by atoms with Gasteiger partial charge in [0, 0.05) is 37.4 Å². The zero-order valence-corrected chi connectivity index (χ0v) is 15.0. The van der Waals surface area contributed by atoms with Crippen LogP contribution in [0.5, 0.6) is 0 Å². The van der Waals surface area contributed by atoms with Gasteiger partial charge in [-0.3, -0.25) is 9.59 Å². The summed E-state index contributed by atoms with van der Waals surface area (Å²) in [6.45, 7) is 9.52. The van der Waals surface area contributed by atoms with Crippen molar-refractivity contribution in [1.82, 2.24) is 9.80 Å². The Morgan fingerprint density at radius 3 is 2.50 bits per heavy atom. The topological polar surface area (TPSA) is 52.7 Å². The summed E-state index contributed by atoms with van der Waals surface area (Å²) in [6.07, 6.45) is 2.14. The van der Waals surface area contributed by atoms with Crippen LogP contribution >= 0.6 is 0 Å². The fourth-order valence-corrected chi connectivity index (χ4v) is 3.02. The summed E-state index contributed by atoms with van der Waals surface area (Å²) in [5.74, 6) is 0.857. The lowest BCUT2D eigenvalue weighted by atomic mass is 9.98. The molecule has 0 atom stereocenters. The van der Waals surface area contributed by atoms with Crippen LogP contribution in [0.3, 0.4) is 0 Å². The molecule has 1 aliphatic heterocycles. The van der Waals surface area contributed by atoms with Crippen LogP contribution in [0.2, 0.25) is 0 Å². The number of rotatable bonds is 6. The number of nitrogens with one attached hydrogen (secondary N) is 1. The lowest BCUT2D eigenvalue weighted by molar-refractivity contribution is -0.128. The van der Waals surface area contributed by atoms with E-state index < -0.39 is 0 Å². The number of likely N-dealkylation sites (tertiary alicyclic amines) is 1. The molecule has 1 fully saturated rings. The Morgan fingerprint density at radius 1 is 1.21 bits per heavy atom. The molecule has 0 unspecified atom stereocenters. The van der Waals surface area contributed by atoms with Gasteiger partial charge in [0.25, 0.3) is 5.91 Å². The summed E-state index contributed by atoms with van der Waals surface area (Å²) in [5.41, 5.74) is 1.50. The highest BCUT2D eigenvalue weighted by atomic mass is 16.2. The highest BCUT2D eigenvalue weighted by molar-refractivity contribution is 5.95. The molecule has 5 nitrogen and oxygen atoms in total. The number of amides is 2. The van der Waals surface area contributed by atoms with Crippen molar-refractivity contribution in [2.75, 3.05) is 38.0 Å². The van der Waals surface area contributed by atoms with Gasteiger partial charge in [0.05, 0.1) is 6.54 Å². The van der Waals surface area contributed by atoms with E-state index in [2.05, 4.69) is 12.2 Å². The number of hydrogen-bond acceptors (Lipinski definition) is 3. The summed E-state index contributed by atoms with van der Waals surface area (Å²) < 4.78 is 0. The van der Waals surface area contributed by atoms with Gasteiger partial charge in [0.1, 0.15) is 0 Å². The average Bonchev–Trinajstić information content (AvgIpc) is 2.61. The van der Waals surface area contributed by atoms with Crippen LogP contribution in [0, 0.1) is 5.92 Å². The van der Waals surface area contributed by atoms with Crippen molar-refractivity contribution in [1.29, 1.82) is 0 Å². The van der Waals surface area contributed by atoms with E-state index in [1.807, 2.05) is 43.0 Å². The average molecular weight is 331 g/mol. The Morgan fingerprint density at radius 2 is 1.88 bits per heavy atom. The van der Waals surface area contributed by atoms with Crippen molar-refractivity contribution < 1.29 is 9.59 Å². The van der Waals surface area contributed by atoms with Crippen molar-refractivity contribution in [3.8, 4) is 0 Å². The zero-order chi connectivity index (χ0) is 17.5. The molecule has 1 aromatic rings. The number of hydrogen-bond donors (Lipinski definition) is 1. The van der Waals surface area contributed by atoms with Gasteiger partial charge in [-0.15, -0.1) is 0 Å². The molecule has 132 valence electrons. The molecule has 1 saturated heterocycles. The van der Waals surface area contributed by atoms with Crippen LogP contribution < -0.4 is 5.32 Å². The van der Waals surface area contributed by atoms with Gasteiger partial charge in [-0.1, -0.05) is 13.0 Å². The molecule has 5 heteroatoms. The lowest BCUT2D eigenvalue weighted by Crippen LogP contribution is -2.38. The Labute approximate surface area is 145 Å². The molecule has 1 aliphatic rings. The molecule has 0 aliphatic carbocycles. The maximum Gasteiger partial charge on any atom is 0.253 e. The number of nitrogens with zero attached hydrogens (tertiary/aromatic N) is 2. The lowest BCUT2D eigenvalue weighted by Gasteiger charge is -2.30. The van der Waals surface area contributed by atoms with E-state index in [4.69, 9.17) is 0 Å². The summed E-state index contributed by atoms with van der Waals surface area (Å²) in [6, 6.07) is 7.45. The van der Waals surface area contributed by atoms with E-state index >= 15 is 0 Å². The van der Waals surface area contributed by atoms with E-state index in [1.54, 1.807) is 4.90 Å². The van der Waals surface area contributed by atoms with Crippen LogP contribution in [0.1, 0.15) is 44.0 Å². The minimum absolute atomic E-state index is 0.0711. The maximum atomic E-state index is 12.6. The molecule has 0 aromatic heterocycles. The van der Waals surface area contributed by atoms with Gasteiger partial charge < -0.3 is 15.1 Å². The van der Waals surface area contributed by atoms with E-state index in [1.165, 1.54) is 0 Å². The molecule has 24 heavy (non-hydrogen) atoms. The number of benzene rings is 1. The van der Waals surface area contributed by atoms with Crippen LogP contribution in [0.15, 0.2) is 24.3 Å². The monoisotopic (exact) mass is 331 g/mol. The molecule has 0 radical (unpaired) electrons. The largest absolute Gasteiger partial charge is 0.376 e. The molecule has 2 rings (SSSR count). The first-order valence-electron chi connectivity index (χ1n) is 8.96. The Kier molecular flexibility index (Phi) is 6.64. The second-order valence-electron chi connectivity index (χ2n) is 6.48. The summed E-state index contributed by atoms with van der Waals surface area (Å²) in [7, 11) is 0. The third kappa shape index (κ3) is 4.73. The number of carbonyl (C=O) groups is 2. The van der Waals surface area contributed by atoms with Gasteiger partial charge >= 0.3 is 0 Å². The number of carbonyl (C=O) groups excluding carboxylic acids is 2. The van der Waals surface area contributed by atoms with Crippen LogP contribution in [0.25, 0.3) is 0 Å². The predicted molar refractivity (Wildman–Crippen MR) is 97.2 cm³/mol. The summed E-state index contributed by atoms with van der Waals surface area (Å²) in [4.78, 5) is 28.4. The minimum atomic E-state index is 0.0711. The van der Waals surface area contributed by atoms with Crippen LogP contribution in [0.4, 0.5) is 5.69 Å². The van der Waals surface area contributed by atoms with Gasteiger partial charge in [-0.25, -0.2) is 0 Å². The number of anilines is 1. The van der Waals surface area contributed by atoms with Crippen molar-refractivity contribution in [2.45, 2.75) is 33.6 Å². The Hall–Kier alpha value is -2.04. The Bertz CT molecular complexity index is 561. The maximum absolute atomic E-state index is 12.6. The van der Waals surface area contributed by atoms with E-state index in [-0.39, 0.29) is 18.4 Å². The Balaban J connectivity index is 1.96. The van der Waals surface area contributed by atoms with Crippen molar-refractivity contribution in [3.05, 3.63) is 29.8 Å². The molecular weight excluding hydrogens is 302 g/mol. The zero-order valence-electron chi connectivity index (χ0n) is 15.0. The first kappa shape index (κ1) is 18.3. The molecule has 0 spiro atoms. The van der Waals surface area contributed by atoms with Crippen LogP contribution in [-0.4, -0.2) is 54.3 Å². The molecule has 1 N–H and O–H groups in total. The minimum Gasteiger partial charge on any atom is -0.376 e. The fraction of sp³-hybridized carbons (Fsp3) is 0.579. The fourth-order valence-electron chi connectivity index (χ4n) is 3.02. The van der Waals surface area contributed by atoms with Gasteiger partial charge in [-0.05, 0) is 50.8 Å². The molecule has 2 amide bonds. The van der Waals surface area contributed by atoms with Crippen molar-refractivity contribution in [2.24, 2.45) is 5.92 Å². The van der Waals surface area contributed by atoms with Gasteiger partial charge in [-0.2, -0.15) is 0 Å². The predicted octanol–water partition coefficient (Wildman–Crippen LogP) is 2.84. The van der Waals surface area contributed by atoms with E-state index in [0.29, 0.717) is 24.6 Å². The highest BCUT2D eigenvalue weighted by Crippen LogP contribution is 2.19. The second-order valence-corrected chi connectivity index (χ2v) is 6.48. The van der Waals surface area contributed by atoms with Gasteiger partial charge in [0.2, 0.25) is 5.91 Å².